The summed E-state index contributed by atoms with van der Waals surface area (Å²) in [6.07, 6.45) is 0.910. The molecule has 1 unspecified atom stereocenters. The van der Waals surface area contributed by atoms with Crippen molar-refractivity contribution >= 4 is 29.1 Å². The van der Waals surface area contributed by atoms with E-state index >= 15 is 0 Å². The molecule has 0 saturated carbocycles. The van der Waals surface area contributed by atoms with E-state index in [2.05, 4.69) is 10.6 Å². The number of anilines is 1. The molecule has 1 saturated heterocycles. The van der Waals surface area contributed by atoms with E-state index in [0.29, 0.717) is 41.6 Å². The zero-order valence-electron chi connectivity index (χ0n) is 10.6. The van der Waals surface area contributed by atoms with E-state index < -0.39 is 0 Å². The van der Waals surface area contributed by atoms with Crippen molar-refractivity contribution in [1.29, 1.82) is 0 Å². The largest absolute Gasteiger partial charge is 0.454 e. The van der Waals surface area contributed by atoms with E-state index in [1.165, 1.54) is 0 Å². The Bertz CT molecular complexity index is 566. The molecule has 2 heterocycles. The molecule has 1 aromatic carbocycles. The zero-order chi connectivity index (χ0) is 14.1. The number of amides is 2. The van der Waals surface area contributed by atoms with Gasteiger partial charge >= 0.3 is 0 Å². The predicted molar refractivity (Wildman–Crippen MR) is 71.9 cm³/mol. The number of carbonyl (C=O) groups excluding carboxylic acids is 2. The van der Waals surface area contributed by atoms with Crippen molar-refractivity contribution in [3.8, 4) is 11.5 Å². The second-order valence-corrected chi connectivity index (χ2v) is 5.12. The molecule has 0 aliphatic carbocycles. The van der Waals surface area contributed by atoms with Crippen molar-refractivity contribution < 1.29 is 19.1 Å². The highest BCUT2D eigenvalue weighted by Gasteiger charge is 2.25. The molecule has 106 valence electrons. The molecule has 0 spiro atoms. The van der Waals surface area contributed by atoms with Gasteiger partial charge in [-0.05, 0) is 6.42 Å². The molecule has 1 aromatic rings. The molecule has 2 aliphatic rings. The Morgan fingerprint density at radius 2 is 2.10 bits per heavy atom. The van der Waals surface area contributed by atoms with Crippen LogP contribution >= 0.6 is 11.6 Å². The highest BCUT2D eigenvalue weighted by Crippen LogP contribution is 2.39. The lowest BCUT2D eigenvalue weighted by Gasteiger charge is -2.21. The molecular weight excluding hydrogens is 284 g/mol. The van der Waals surface area contributed by atoms with Crippen LogP contribution in [0.2, 0.25) is 5.02 Å². The molecule has 0 aromatic heterocycles. The van der Waals surface area contributed by atoms with Gasteiger partial charge in [0.05, 0.1) is 16.6 Å². The molecule has 0 radical (unpaired) electrons. The minimum Gasteiger partial charge on any atom is -0.454 e. The monoisotopic (exact) mass is 296 g/mol. The van der Waals surface area contributed by atoms with E-state index in [9.17, 15) is 9.59 Å². The van der Waals surface area contributed by atoms with Crippen LogP contribution in [0.15, 0.2) is 12.1 Å². The molecule has 2 amide bonds. The number of piperidine rings is 1. The number of carbonyl (C=O) groups is 2. The SMILES string of the molecule is O=C1CCC(C(=O)Nc2cc3c(cc2Cl)OCO3)CN1. The summed E-state index contributed by atoms with van der Waals surface area (Å²) in [5.41, 5.74) is 0.484. The van der Waals surface area contributed by atoms with Gasteiger partial charge in [-0.2, -0.15) is 0 Å². The van der Waals surface area contributed by atoms with Crippen molar-refractivity contribution in [3.05, 3.63) is 17.2 Å². The maximum absolute atomic E-state index is 12.1. The van der Waals surface area contributed by atoms with E-state index in [1.54, 1.807) is 12.1 Å². The summed E-state index contributed by atoms with van der Waals surface area (Å²) in [6, 6.07) is 3.26. The third-order valence-corrected chi connectivity index (χ3v) is 3.67. The number of benzene rings is 1. The molecule has 20 heavy (non-hydrogen) atoms. The smallest absolute Gasteiger partial charge is 0.231 e. The maximum atomic E-state index is 12.1. The van der Waals surface area contributed by atoms with Crippen molar-refractivity contribution in [2.24, 2.45) is 5.92 Å². The topological polar surface area (TPSA) is 76.7 Å². The van der Waals surface area contributed by atoms with Gasteiger partial charge in [0.15, 0.2) is 11.5 Å². The molecular formula is C13H13ClN2O4. The fourth-order valence-corrected chi connectivity index (χ4v) is 2.41. The van der Waals surface area contributed by atoms with Crippen molar-refractivity contribution in [1.82, 2.24) is 5.32 Å². The van der Waals surface area contributed by atoms with Crippen LogP contribution in [0.5, 0.6) is 11.5 Å². The third kappa shape index (κ3) is 2.51. The van der Waals surface area contributed by atoms with E-state index in [0.717, 1.165) is 0 Å². The van der Waals surface area contributed by atoms with E-state index in [4.69, 9.17) is 21.1 Å². The van der Waals surface area contributed by atoms with Gasteiger partial charge in [-0.1, -0.05) is 11.6 Å². The van der Waals surface area contributed by atoms with Crippen LogP contribution < -0.4 is 20.1 Å². The van der Waals surface area contributed by atoms with Crippen LogP contribution in [0.1, 0.15) is 12.8 Å². The minimum atomic E-state index is -0.241. The average Bonchev–Trinajstić information content (AvgIpc) is 2.87. The second kappa shape index (κ2) is 5.20. The van der Waals surface area contributed by atoms with Crippen molar-refractivity contribution in [2.75, 3.05) is 18.7 Å². The lowest BCUT2D eigenvalue weighted by atomic mass is 9.98. The van der Waals surface area contributed by atoms with Crippen LogP contribution in [-0.2, 0) is 9.59 Å². The Morgan fingerprint density at radius 1 is 1.35 bits per heavy atom. The lowest BCUT2D eigenvalue weighted by molar-refractivity contribution is -0.126. The molecule has 3 rings (SSSR count). The maximum Gasteiger partial charge on any atom is 0.231 e. The summed E-state index contributed by atoms with van der Waals surface area (Å²) in [5, 5.41) is 5.84. The minimum absolute atomic E-state index is 0.0184. The Labute approximate surface area is 120 Å². The van der Waals surface area contributed by atoms with Gasteiger partial charge in [-0.3, -0.25) is 9.59 Å². The molecule has 1 fully saturated rings. The first kappa shape index (κ1) is 13.1. The molecule has 6 nitrogen and oxygen atoms in total. The van der Waals surface area contributed by atoms with Gasteiger partial charge in [0.25, 0.3) is 0 Å². The van der Waals surface area contributed by atoms with Crippen LogP contribution in [0.25, 0.3) is 0 Å². The highest BCUT2D eigenvalue weighted by molar-refractivity contribution is 6.34. The van der Waals surface area contributed by atoms with Crippen LogP contribution in [-0.4, -0.2) is 25.2 Å². The van der Waals surface area contributed by atoms with E-state index in [1.807, 2.05) is 0 Å². The summed E-state index contributed by atoms with van der Waals surface area (Å²) in [6.45, 7) is 0.505. The van der Waals surface area contributed by atoms with Crippen molar-refractivity contribution in [3.63, 3.8) is 0 Å². The average molecular weight is 297 g/mol. The van der Waals surface area contributed by atoms with Gasteiger partial charge in [0, 0.05) is 25.1 Å². The summed E-state index contributed by atoms with van der Waals surface area (Å²) < 4.78 is 10.4. The fourth-order valence-electron chi connectivity index (χ4n) is 2.20. The van der Waals surface area contributed by atoms with Gasteiger partial charge < -0.3 is 20.1 Å². The van der Waals surface area contributed by atoms with Gasteiger partial charge in [-0.25, -0.2) is 0 Å². The Hall–Kier alpha value is -1.95. The summed E-state index contributed by atoms with van der Waals surface area (Å²) in [4.78, 5) is 23.2. The molecule has 0 bridgehead atoms. The summed E-state index contributed by atoms with van der Waals surface area (Å²) in [5.74, 6) is 0.703. The number of halogens is 1. The van der Waals surface area contributed by atoms with Gasteiger partial charge in [-0.15, -0.1) is 0 Å². The first-order valence-corrected chi connectivity index (χ1v) is 6.68. The Balaban J connectivity index is 1.71. The molecule has 7 heteroatoms. The summed E-state index contributed by atoms with van der Waals surface area (Å²) >= 11 is 6.09. The Morgan fingerprint density at radius 3 is 2.80 bits per heavy atom. The number of hydrogen-bond acceptors (Lipinski definition) is 4. The number of hydrogen-bond donors (Lipinski definition) is 2. The predicted octanol–water partition coefficient (Wildman–Crippen LogP) is 1.53. The first-order valence-electron chi connectivity index (χ1n) is 6.30. The normalized spacial score (nSPS) is 20.4. The van der Waals surface area contributed by atoms with Crippen LogP contribution in [0, 0.1) is 5.92 Å². The standard InChI is InChI=1S/C13H13ClN2O4/c14-8-3-10-11(20-6-19-10)4-9(8)16-13(18)7-1-2-12(17)15-5-7/h3-4,7H,1-2,5-6H2,(H,15,17)(H,16,18). The first-order chi connectivity index (χ1) is 9.63. The van der Waals surface area contributed by atoms with Crippen LogP contribution in [0.4, 0.5) is 5.69 Å². The second-order valence-electron chi connectivity index (χ2n) is 4.71. The summed E-state index contributed by atoms with van der Waals surface area (Å²) in [7, 11) is 0. The third-order valence-electron chi connectivity index (χ3n) is 3.36. The van der Waals surface area contributed by atoms with Crippen molar-refractivity contribution in [2.45, 2.75) is 12.8 Å². The number of nitrogens with one attached hydrogen (secondary N) is 2. The van der Waals surface area contributed by atoms with Gasteiger partial charge in [0.1, 0.15) is 0 Å². The Kier molecular flexibility index (Phi) is 3.40. The van der Waals surface area contributed by atoms with Gasteiger partial charge in [0.2, 0.25) is 18.6 Å². The molecule has 2 N–H and O–H groups in total. The lowest BCUT2D eigenvalue weighted by Crippen LogP contribution is -2.40. The number of fused-ring (bicyclic) bond motifs is 1. The van der Waals surface area contributed by atoms with E-state index in [-0.39, 0.29) is 24.5 Å². The zero-order valence-corrected chi connectivity index (χ0v) is 11.3. The quantitative estimate of drug-likeness (QED) is 0.868. The number of ether oxygens (including phenoxy) is 2. The fraction of sp³-hybridized carbons (Fsp3) is 0.385. The van der Waals surface area contributed by atoms with Crippen LogP contribution in [0.3, 0.4) is 0 Å². The molecule has 1 atom stereocenters. The highest BCUT2D eigenvalue weighted by atomic mass is 35.5. The molecule has 2 aliphatic heterocycles. The number of rotatable bonds is 2.